The Morgan fingerprint density at radius 3 is 2.67 bits per heavy atom. The third-order valence-corrected chi connectivity index (χ3v) is 5.05. The van der Waals surface area contributed by atoms with Crippen LogP contribution < -0.4 is 10.6 Å². The second-order valence-corrected chi connectivity index (χ2v) is 6.99. The van der Waals surface area contributed by atoms with Gasteiger partial charge in [0.1, 0.15) is 0 Å². The normalized spacial score (nSPS) is 23.2. The zero-order chi connectivity index (χ0) is 14.5. The van der Waals surface area contributed by atoms with Gasteiger partial charge in [0.05, 0.1) is 0 Å². The Balaban J connectivity index is 1.46. The van der Waals surface area contributed by atoms with E-state index in [1.165, 1.54) is 68.2 Å². The average Bonchev–Trinajstić information content (AvgIpc) is 2.80. The first-order chi connectivity index (χ1) is 10.3. The van der Waals surface area contributed by atoms with Crippen LogP contribution in [0.5, 0.6) is 0 Å². The number of nitrogens with one attached hydrogen (secondary N) is 2. The summed E-state index contributed by atoms with van der Waals surface area (Å²) in [7, 11) is 0. The number of benzene rings is 1. The second kappa shape index (κ2) is 7.31. The molecule has 1 atom stereocenters. The fraction of sp³-hybridized carbons (Fsp3) is 0.684. The third kappa shape index (κ3) is 4.23. The van der Waals surface area contributed by atoms with E-state index in [0.29, 0.717) is 6.04 Å². The van der Waals surface area contributed by atoms with Crippen LogP contribution in [-0.2, 0) is 12.8 Å². The summed E-state index contributed by atoms with van der Waals surface area (Å²) >= 11 is 0. The highest BCUT2D eigenvalue weighted by molar-refractivity contribution is 5.57. The van der Waals surface area contributed by atoms with Crippen molar-refractivity contribution in [1.82, 2.24) is 5.32 Å². The highest BCUT2D eigenvalue weighted by Gasteiger charge is 2.16. The van der Waals surface area contributed by atoms with Gasteiger partial charge in [-0.2, -0.15) is 0 Å². The highest BCUT2D eigenvalue weighted by Crippen LogP contribution is 2.26. The first-order valence-electron chi connectivity index (χ1n) is 8.93. The zero-order valence-electron chi connectivity index (χ0n) is 13.5. The molecule has 3 rings (SSSR count). The number of anilines is 1. The monoisotopic (exact) mass is 286 g/mol. The Kier molecular flexibility index (Phi) is 5.18. The van der Waals surface area contributed by atoms with Crippen molar-refractivity contribution in [1.29, 1.82) is 0 Å². The van der Waals surface area contributed by atoms with Gasteiger partial charge in [0.15, 0.2) is 0 Å². The number of fused-ring (bicyclic) bond motifs is 1. The van der Waals surface area contributed by atoms with Crippen LogP contribution in [0, 0.1) is 0 Å². The molecule has 2 heteroatoms. The van der Waals surface area contributed by atoms with E-state index in [4.69, 9.17) is 0 Å². The Bertz CT molecular complexity index is 447. The predicted molar refractivity (Wildman–Crippen MR) is 91.0 cm³/mol. The fourth-order valence-electron chi connectivity index (χ4n) is 3.84. The fourth-order valence-corrected chi connectivity index (χ4v) is 3.84. The van der Waals surface area contributed by atoms with Crippen LogP contribution in [-0.4, -0.2) is 18.6 Å². The molecule has 1 saturated carbocycles. The van der Waals surface area contributed by atoms with Gasteiger partial charge >= 0.3 is 0 Å². The molecule has 1 heterocycles. The molecule has 0 radical (unpaired) electrons. The summed E-state index contributed by atoms with van der Waals surface area (Å²) < 4.78 is 0. The molecule has 0 aromatic heterocycles. The van der Waals surface area contributed by atoms with Crippen molar-refractivity contribution in [2.75, 3.05) is 11.9 Å². The van der Waals surface area contributed by atoms with E-state index in [1.54, 1.807) is 0 Å². The molecule has 0 spiro atoms. The van der Waals surface area contributed by atoms with Crippen LogP contribution in [0.2, 0.25) is 0 Å². The van der Waals surface area contributed by atoms with Crippen molar-refractivity contribution in [3.05, 3.63) is 29.3 Å². The Morgan fingerprint density at radius 1 is 1.10 bits per heavy atom. The van der Waals surface area contributed by atoms with Crippen LogP contribution in [0.4, 0.5) is 5.69 Å². The lowest BCUT2D eigenvalue weighted by Gasteiger charge is -2.21. The number of hydrogen-bond donors (Lipinski definition) is 2. The third-order valence-electron chi connectivity index (χ3n) is 5.05. The van der Waals surface area contributed by atoms with Crippen LogP contribution >= 0.6 is 0 Å². The molecule has 21 heavy (non-hydrogen) atoms. The molecular formula is C19H30N2. The molecule has 116 valence electrons. The lowest BCUT2D eigenvalue weighted by molar-refractivity contribution is 0.392. The lowest BCUT2D eigenvalue weighted by Crippen LogP contribution is -2.31. The SMILES string of the molecule is CC1Cc2cc(CCNC3CCCCCCC3)ccc2N1. The summed E-state index contributed by atoms with van der Waals surface area (Å²) in [6, 6.07) is 8.34. The van der Waals surface area contributed by atoms with Gasteiger partial charge in [0, 0.05) is 17.8 Å². The molecule has 1 aromatic rings. The molecule has 0 bridgehead atoms. The predicted octanol–water partition coefficient (Wildman–Crippen LogP) is 4.29. The Labute approximate surface area is 129 Å². The maximum absolute atomic E-state index is 3.80. The van der Waals surface area contributed by atoms with Gasteiger partial charge in [-0.15, -0.1) is 0 Å². The maximum Gasteiger partial charge on any atom is 0.0375 e. The van der Waals surface area contributed by atoms with E-state index >= 15 is 0 Å². The number of hydrogen-bond acceptors (Lipinski definition) is 2. The first kappa shape index (κ1) is 14.9. The zero-order valence-corrected chi connectivity index (χ0v) is 13.5. The van der Waals surface area contributed by atoms with Gasteiger partial charge in [-0.1, -0.05) is 44.2 Å². The van der Waals surface area contributed by atoms with Crippen LogP contribution in [0.3, 0.4) is 0 Å². The highest BCUT2D eigenvalue weighted by atomic mass is 14.9. The van der Waals surface area contributed by atoms with Crippen LogP contribution in [0.25, 0.3) is 0 Å². The molecule has 0 amide bonds. The molecule has 0 saturated heterocycles. The molecule has 2 nitrogen and oxygen atoms in total. The van der Waals surface area contributed by atoms with Crippen LogP contribution in [0.1, 0.15) is 63.0 Å². The molecule has 1 unspecified atom stereocenters. The van der Waals surface area contributed by atoms with Crippen molar-refractivity contribution in [2.24, 2.45) is 0 Å². The van der Waals surface area contributed by atoms with E-state index in [2.05, 4.69) is 35.8 Å². The minimum atomic E-state index is 0.600. The average molecular weight is 286 g/mol. The summed E-state index contributed by atoms with van der Waals surface area (Å²) in [5.41, 5.74) is 4.34. The number of rotatable bonds is 4. The lowest BCUT2D eigenvalue weighted by atomic mass is 9.96. The Hall–Kier alpha value is -1.02. The molecule has 1 fully saturated rings. The van der Waals surface area contributed by atoms with Crippen molar-refractivity contribution < 1.29 is 0 Å². The minimum Gasteiger partial charge on any atom is -0.382 e. The van der Waals surface area contributed by atoms with Gasteiger partial charge in [-0.3, -0.25) is 0 Å². The topological polar surface area (TPSA) is 24.1 Å². The smallest absolute Gasteiger partial charge is 0.0375 e. The second-order valence-electron chi connectivity index (χ2n) is 6.99. The molecule has 1 aliphatic heterocycles. The summed E-state index contributed by atoms with van der Waals surface area (Å²) in [5, 5.41) is 7.33. The van der Waals surface area contributed by atoms with Crippen molar-refractivity contribution in [3.8, 4) is 0 Å². The summed E-state index contributed by atoms with van der Waals surface area (Å²) in [6.07, 6.45) is 12.3. The summed E-state index contributed by atoms with van der Waals surface area (Å²) in [4.78, 5) is 0. The minimum absolute atomic E-state index is 0.600. The van der Waals surface area contributed by atoms with E-state index in [9.17, 15) is 0 Å². The van der Waals surface area contributed by atoms with E-state index in [0.717, 1.165) is 19.0 Å². The van der Waals surface area contributed by atoms with Crippen LogP contribution in [0.15, 0.2) is 18.2 Å². The first-order valence-corrected chi connectivity index (χ1v) is 8.93. The van der Waals surface area contributed by atoms with E-state index < -0.39 is 0 Å². The van der Waals surface area contributed by atoms with Gasteiger partial charge < -0.3 is 10.6 Å². The Morgan fingerprint density at radius 2 is 1.86 bits per heavy atom. The van der Waals surface area contributed by atoms with Crippen molar-refractivity contribution in [2.45, 2.75) is 76.8 Å². The van der Waals surface area contributed by atoms with Crippen molar-refractivity contribution >= 4 is 5.69 Å². The van der Waals surface area contributed by atoms with Gasteiger partial charge in [-0.25, -0.2) is 0 Å². The molecule has 2 N–H and O–H groups in total. The van der Waals surface area contributed by atoms with Gasteiger partial charge in [-0.05, 0) is 56.3 Å². The quantitative estimate of drug-likeness (QED) is 0.863. The molecule has 2 aliphatic rings. The largest absolute Gasteiger partial charge is 0.382 e. The maximum atomic E-state index is 3.80. The van der Waals surface area contributed by atoms with Crippen molar-refractivity contribution in [3.63, 3.8) is 0 Å². The molecular weight excluding hydrogens is 256 g/mol. The summed E-state index contributed by atoms with van der Waals surface area (Å²) in [6.45, 7) is 3.39. The van der Waals surface area contributed by atoms with Gasteiger partial charge in [0.25, 0.3) is 0 Å². The molecule has 1 aliphatic carbocycles. The standard InChI is InChI=1S/C19H30N2/c1-15-13-17-14-16(9-10-19(17)21-15)11-12-20-18-7-5-3-2-4-6-8-18/h9-10,14-15,18,20-21H,2-8,11-13H2,1H3. The van der Waals surface area contributed by atoms with E-state index in [-0.39, 0.29) is 0 Å². The van der Waals surface area contributed by atoms with E-state index in [1.807, 2.05) is 0 Å². The summed E-state index contributed by atoms with van der Waals surface area (Å²) in [5.74, 6) is 0. The molecule has 1 aromatic carbocycles. The van der Waals surface area contributed by atoms with Gasteiger partial charge in [0.2, 0.25) is 0 Å².